The Hall–Kier alpha value is -2.30. The maximum absolute atomic E-state index is 11.1. The van der Waals surface area contributed by atoms with E-state index in [2.05, 4.69) is 27.8 Å². The van der Waals surface area contributed by atoms with Crippen molar-refractivity contribution in [3.8, 4) is 0 Å². The third kappa shape index (κ3) is 3.17. The van der Waals surface area contributed by atoms with Gasteiger partial charge in [-0.2, -0.15) is 5.10 Å². The number of aryl methyl sites for hydroxylation is 2. The van der Waals surface area contributed by atoms with E-state index in [0.29, 0.717) is 0 Å². The Balaban J connectivity index is 2.17. The second-order valence-corrected chi connectivity index (χ2v) is 4.98. The number of nitrogens with zero attached hydrogens (tertiary/aromatic N) is 1. The van der Waals surface area contributed by atoms with Gasteiger partial charge in [0.15, 0.2) is 0 Å². The molecule has 1 aromatic carbocycles. The Morgan fingerprint density at radius 1 is 1.35 bits per heavy atom. The molecular weight excluding hydrogens is 252 g/mol. The van der Waals surface area contributed by atoms with Crippen LogP contribution >= 0.6 is 0 Å². The van der Waals surface area contributed by atoms with Crippen molar-refractivity contribution < 1.29 is 4.79 Å². The molecule has 106 valence electrons. The highest BCUT2D eigenvalue weighted by Crippen LogP contribution is 2.25. The second-order valence-electron chi connectivity index (χ2n) is 4.98. The van der Waals surface area contributed by atoms with E-state index in [4.69, 9.17) is 0 Å². The fraction of sp³-hybridized carbons (Fsp3) is 0.333. The molecule has 1 atom stereocenters. The summed E-state index contributed by atoms with van der Waals surface area (Å²) in [6.07, 6.45) is 0. The van der Waals surface area contributed by atoms with Crippen LogP contribution in [-0.2, 0) is 4.79 Å². The van der Waals surface area contributed by atoms with E-state index in [1.807, 2.05) is 38.1 Å². The molecule has 0 bridgehead atoms. The molecule has 1 amide bonds. The molecule has 0 radical (unpaired) electrons. The van der Waals surface area contributed by atoms with Crippen LogP contribution in [0.2, 0.25) is 0 Å². The van der Waals surface area contributed by atoms with Gasteiger partial charge in [-0.05, 0) is 38.5 Å². The van der Waals surface area contributed by atoms with Crippen LogP contribution in [0, 0.1) is 13.8 Å². The first kappa shape index (κ1) is 14.1. The summed E-state index contributed by atoms with van der Waals surface area (Å²) in [6.45, 7) is 7.54. The van der Waals surface area contributed by atoms with Crippen LogP contribution in [-0.4, -0.2) is 16.1 Å². The number of amides is 1. The Kier molecular flexibility index (Phi) is 4.08. The molecule has 0 saturated carbocycles. The number of aromatic nitrogens is 2. The van der Waals surface area contributed by atoms with Gasteiger partial charge in [-0.3, -0.25) is 9.89 Å². The Morgan fingerprint density at radius 3 is 2.70 bits per heavy atom. The largest absolute Gasteiger partial charge is 0.376 e. The first-order valence-electron chi connectivity index (χ1n) is 6.63. The van der Waals surface area contributed by atoms with Crippen molar-refractivity contribution in [1.29, 1.82) is 0 Å². The first-order chi connectivity index (χ1) is 9.47. The molecule has 0 saturated heterocycles. The number of H-pyrrole nitrogens is 1. The molecule has 1 heterocycles. The number of carbonyl (C=O) groups is 1. The Morgan fingerprint density at radius 2 is 2.10 bits per heavy atom. The number of nitrogens with one attached hydrogen (secondary N) is 3. The second kappa shape index (κ2) is 5.77. The maximum Gasteiger partial charge on any atom is 0.221 e. The lowest BCUT2D eigenvalue weighted by Crippen LogP contribution is -2.10. The summed E-state index contributed by atoms with van der Waals surface area (Å²) in [5, 5.41) is 13.4. The molecule has 3 N–H and O–H groups in total. The van der Waals surface area contributed by atoms with Gasteiger partial charge in [0.1, 0.15) is 0 Å². The summed E-state index contributed by atoms with van der Waals surface area (Å²) < 4.78 is 0. The third-order valence-electron chi connectivity index (χ3n) is 3.20. The zero-order chi connectivity index (χ0) is 14.7. The predicted octanol–water partition coefficient (Wildman–Crippen LogP) is 3.16. The SMILES string of the molecule is CC(=O)Nc1cccc(C(C)Nc2c(C)n[nH]c2C)c1. The van der Waals surface area contributed by atoms with Crippen molar-refractivity contribution in [2.75, 3.05) is 10.6 Å². The van der Waals surface area contributed by atoms with E-state index in [0.717, 1.165) is 28.3 Å². The van der Waals surface area contributed by atoms with E-state index in [1.54, 1.807) is 0 Å². The molecule has 2 aromatic rings. The lowest BCUT2D eigenvalue weighted by molar-refractivity contribution is -0.114. The van der Waals surface area contributed by atoms with Crippen LogP contribution in [0.4, 0.5) is 11.4 Å². The molecule has 5 heteroatoms. The average Bonchev–Trinajstić information content (AvgIpc) is 2.70. The van der Waals surface area contributed by atoms with Gasteiger partial charge < -0.3 is 10.6 Å². The normalized spacial score (nSPS) is 12.0. The van der Waals surface area contributed by atoms with Gasteiger partial charge in [0, 0.05) is 18.7 Å². The van der Waals surface area contributed by atoms with E-state index in [1.165, 1.54) is 6.92 Å². The van der Waals surface area contributed by atoms with Crippen LogP contribution in [0.1, 0.15) is 36.8 Å². The molecule has 20 heavy (non-hydrogen) atoms. The van der Waals surface area contributed by atoms with Gasteiger partial charge in [-0.1, -0.05) is 12.1 Å². The number of hydrogen-bond donors (Lipinski definition) is 3. The van der Waals surface area contributed by atoms with Crippen molar-refractivity contribution in [3.63, 3.8) is 0 Å². The van der Waals surface area contributed by atoms with Gasteiger partial charge in [0.05, 0.1) is 17.1 Å². The minimum atomic E-state index is -0.0655. The highest BCUT2D eigenvalue weighted by molar-refractivity contribution is 5.88. The molecular formula is C15H20N4O. The monoisotopic (exact) mass is 272 g/mol. The highest BCUT2D eigenvalue weighted by Gasteiger charge is 2.11. The Bertz CT molecular complexity index is 599. The predicted molar refractivity (Wildman–Crippen MR) is 80.8 cm³/mol. The molecule has 0 aliphatic heterocycles. The zero-order valence-corrected chi connectivity index (χ0v) is 12.2. The molecule has 0 aliphatic rings. The number of carbonyl (C=O) groups excluding carboxylic acids is 1. The summed E-state index contributed by atoms with van der Waals surface area (Å²) in [6, 6.07) is 7.95. The van der Waals surface area contributed by atoms with Crippen molar-refractivity contribution in [1.82, 2.24) is 10.2 Å². The number of benzene rings is 1. The minimum Gasteiger partial charge on any atom is -0.376 e. The summed E-state index contributed by atoms with van der Waals surface area (Å²) in [4.78, 5) is 11.1. The number of anilines is 2. The van der Waals surface area contributed by atoms with Gasteiger partial charge in [-0.15, -0.1) is 0 Å². The fourth-order valence-corrected chi connectivity index (χ4v) is 2.15. The van der Waals surface area contributed by atoms with E-state index >= 15 is 0 Å². The molecule has 0 spiro atoms. The summed E-state index contributed by atoms with van der Waals surface area (Å²) in [5.41, 5.74) is 4.92. The summed E-state index contributed by atoms with van der Waals surface area (Å²) in [5.74, 6) is -0.0655. The quantitative estimate of drug-likeness (QED) is 0.800. The van der Waals surface area contributed by atoms with Gasteiger partial charge in [-0.25, -0.2) is 0 Å². The van der Waals surface area contributed by atoms with Crippen LogP contribution in [0.15, 0.2) is 24.3 Å². The molecule has 0 aliphatic carbocycles. The molecule has 1 unspecified atom stereocenters. The van der Waals surface area contributed by atoms with Crippen LogP contribution < -0.4 is 10.6 Å². The van der Waals surface area contributed by atoms with Gasteiger partial charge in [0.25, 0.3) is 0 Å². The topological polar surface area (TPSA) is 69.8 Å². The standard InChI is InChI=1S/C15H20N4O/c1-9(16-15-10(2)18-19-11(15)3)13-6-5-7-14(8-13)17-12(4)20/h5-9,16H,1-4H3,(H,17,20)(H,18,19). The van der Waals surface area contributed by atoms with E-state index < -0.39 is 0 Å². The van der Waals surface area contributed by atoms with Crippen LogP contribution in [0.25, 0.3) is 0 Å². The number of aromatic amines is 1. The molecule has 1 aromatic heterocycles. The van der Waals surface area contributed by atoms with E-state index in [-0.39, 0.29) is 11.9 Å². The van der Waals surface area contributed by atoms with Gasteiger partial charge in [0.2, 0.25) is 5.91 Å². The number of rotatable bonds is 4. The highest BCUT2D eigenvalue weighted by atomic mass is 16.1. The maximum atomic E-state index is 11.1. The summed E-state index contributed by atoms with van der Waals surface area (Å²) >= 11 is 0. The van der Waals surface area contributed by atoms with Crippen molar-refractivity contribution >= 4 is 17.3 Å². The molecule has 5 nitrogen and oxygen atoms in total. The van der Waals surface area contributed by atoms with Crippen LogP contribution in [0.5, 0.6) is 0 Å². The number of hydrogen-bond acceptors (Lipinski definition) is 3. The summed E-state index contributed by atoms with van der Waals surface area (Å²) in [7, 11) is 0. The molecule has 2 rings (SSSR count). The Labute approximate surface area is 118 Å². The fourth-order valence-electron chi connectivity index (χ4n) is 2.15. The van der Waals surface area contributed by atoms with Crippen molar-refractivity contribution in [2.24, 2.45) is 0 Å². The lowest BCUT2D eigenvalue weighted by Gasteiger charge is -2.17. The molecule has 0 fully saturated rings. The zero-order valence-electron chi connectivity index (χ0n) is 12.2. The third-order valence-corrected chi connectivity index (χ3v) is 3.20. The smallest absolute Gasteiger partial charge is 0.221 e. The average molecular weight is 272 g/mol. The lowest BCUT2D eigenvalue weighted by atomic mass is 10.1. The van der Waals surface area contributed by atoms with Crippen LogP contribution in [0.3, 0.4) is 0 Å². The van der Waals surface area contributed by atoms with Crippen molar-refractivity contribution in [3.05, 3.63) is 41.2 Å². The minimum absolute atomic E-state index is 0.0655. The van der Waals surface area contributed by atoms with E-state index in [9.17, 15) is 4.79 Å². The van der Waals surface area contributed by atoms with Gasteiger partial charge >= 0.3 is 0 Å². The van der Waals surface area contributed by atoms with Crippen molar-refractivity contribution in [2.45, 2.75) is 33.7 Å². The first-order valence-corrected chi connectivity index (χ1v) is 6.63.